The molecule has 1 aromatic rings. The summed E-state index contributed by atoms with van der Waals surface area (Å²) in [6, 6.07) is 0. The number of nitrogens with one attached hydrogen (secondary N) is 1. The monoisotopic (exact) mass is 339 g/mol. The van der Waals surface area contributed by atoms with Crippen LogP contribution in [0.15, 0.2) is 0 Å². The number of carbonyl (C=O) groups is 2. The SMILES string of the molecule is CCCCC(CC)C(=O)N(CC)CC(=O)Nc1nc(C)c(C)s1. The second kappa shape index (κ2) is 9.65. The van der Waals surface area contributed by atoms with Gasteiger partial charge >= 0.3 is 0 Å². The Morgan fingerprint density at radius 2 is 1.96 bits per heavy atom. The van der Waals surface area contributed by atoms with Crippen LogP contribution in [0.2, 0.25) is 0 Å². The van der Waals surface area contributed by atoms with E-state index in [9.17, 15) is 9.59 Å². The predicted molar refractivity (Wildman–Crippen MR) is 95.8 cm³/mol. The van der Waals surface area contributed by atoms with Crippen LogP contribution in [0, 0.1) is 19.8 Å². The molecular weight excluding hydrogens is 310 g/mol. The van der Waals surface area contributed by atoms with E-state index in [4.69, 9.17) is 0 Å². The van der Waals surface area contributed by atoms with Crippen molar-refractivity contribution in [1.29, 1.82) is 0 Å². The highest BCUT2D eigenvalue weighted by Crippen LogP contribution is 2.21. The van der Waals surface area contributed by atoms with Crippen molar-refractivity contribution in [3.8, 4) is 0 Å². The van der Waals surface area contributed by atoms with Crippen molar-refractivity contribution in [2.45, 2.75) is 60.3 Å². The molecule has 0 aliphatic carbocycles. The van der Waals surface area contributed by atoms with Gasteiger partial charge in [0.25, 0.3) is 0 Å². The molecule has 1 N–H and O–H groups in total. The molecule has 0 radical (unpaired) electrons. The average molecular weight is 340 g/mol. The highest BCUT2D eigenvalue weighted by Gasteiger charge is 2.23. The van der Waals surface area contributed by atoms with Gasteiger partial charge in [0.05, 0.1) is 12.2 Å². The van der Waals surface area contributed by atoms with Gasteiger partial charge in [-0.2, -0.15) is 0 Å². The van der Waals surface area contributed by atoms with E-state index in [2.05, 4.69) is 17.2 Å². The molecular formula is C17H29N3O2S. The fourth-order valence-corrected chi connectivity index (χ4v) is 3.25. The summed E-state index contributed by atoms with van der Waals surface area (Å²) >= 11 is 1.46. The molecule has 2 amide bonds. The van der Waals surface area contributed by atoms with Crippen LogP contribution in [0.25, 0.3) is 0 Å². The van der Waals surface area contributed by atoms with Crippen molar-refractivity contribution < 1.29 is 9.59 Å². The zero-order chi connectivity index (χ0) is 17.4. The molecule has 0 saturated heterocycles. The molecule has 130 valence electrons. The minimum absolute atomic E-state index is 0.0204. The summed E-state index contributed by atoms with van der Waals surface area (Å²) in [5.74, 6) is -0.0727. The Morgan fingerprint density at radius 1 is 1.26 bits per heavy atom. The van der Waals surface area contributed by atoms with Crippen molar-refractivity contribution in [3.05, 3.63) is 10.6 Å². The molecule has 1 unspecified atom stereocenters. The predicted octanol–water partition coefficient (Wildman–Crippen LogP) is 3.76. The first-order valence-electron chi connectivity index (χ1n) is 8.45. The standard InChI is InChI=1S/C17H29N3O2S/c1-6-9-10-14(7-2)16(22)20(8-3)11-15(21)19-17-18-12(4)13(5)23-17/h14H,6-11H2,1-5H3,(H,18,19,21). The Labute approximate surface area is 143 Å². The normalized spacial score (nSPS) is 12.0. The van der Waals surface area contributed by atoms with Crippen LogP contribution in [0.5, 0.6) is 0 Å². The third-order valence-electron chi connectivity index (χ3n) is 4.05. The first-order chi connectivity index (χ1) is 10.9. The summed E-state index contributed by atoms with van der Waals surface area (Å²) in [6.07, 6.45) is 3.85. The summed E-state index contributed by atoms with van der Waals surface area (Å²) in [4.78, 5) is 31.8. The summed E-state index contributed by atoms with van der Waals surface area (Å²) in [5, 5.41) is 3.40. The lowest BCUT2D eigenvalue weighted by Gasteiger charge is -2.25. The number of anilines is 1. The summed E-state index contributed by atoms with van der Waals surface area (Å²) in [6.45, 7) is 10.6. The van der Waals surface area contributed by atoms with Crippen LogP contribution >= 0.6 is 11.3 Å². The van der Waals surface area contributed by atoms with Gasteiger partial charge < -0.3 is 10.2 Å². The zero-order valence-corrected chi connectivity index (χ0v) is 15.8. The zero-order valence-electron chi connectivity index (χ0n) is 14.9. The maximum atomic E-state index is 12.6. The van der Waals surface area contributed by atoms with Crippen molar-refractivity contribution in [1.82, 2.24) is 9.88 Å². The van der Waals surface area contributed by atoms with Crippen molar-refractivity contribution in [2.75, 3.05) is 18.4 Å². The van der Waals surface area contributed by atoms with Crippen molar-refractivity contribution in [3.63, 3.8) is 0 Å². The molecule has 0 spiro atoms. The molecule has 1 heterocycles. The lowest BCUT2D eigenvalue weighted by atomic mass is 9.97. The van der Waals surface area contributed by atoms with Gasteiger partial charge in [-0.1, -0.05) is 26.7 Å². The van der Waals surface area contributed by atoms with Crippen LogP contribution in [0.4, 0.5) is 5.13 Å². The molecule has 23 heavy (non-hydrogen) atoms. The summed E-state index contributed by atoms with van der Waals surface area (Å²) in [5.41, 5.74) is 0.930. The molecule has 1 aromatic heterocycles. The largest absolute Gasteiger partial charge is 0.333 e. The van der Waals surface area contributed by atoms with E-state index in [1.165, 1.54) is 11.3 Å². The third kappa shape index (κ3) is 5.94. The quantitative estimate of drug-likeness (QED) is 0.745. The summed E-state index contributed by atoms with van der Waals surface area (Å²) < 4.78 is 0. The molecule has 0 aliphatic heterocycles. The van der Waals surface area contributed by atoms with Gasteiger partial charge in [0, 0.05) is 17.3 Å². The van der Waals surface area contributed by atoms with Crippen molar-refractivity contribution in [2.24, 2.45) is 5.92 Å². The molecule has 0 aliphatic rings. The van der Waals surface area contributed by atoms with Crippen LogP contribution in [0.1, 0.15) is 57.0 Å². The minimum Gasteiger partial charge on any atom is -0.333 e. The Balaban J connectivity index is 2.63. The van der Waals surface area contributed by atoms with Crippen LogP contribution in [0.3, 0.4) is 0 Å². The van der Waals surface area contributed by atoms with E-state index in [1.54, 1.807) is 4.90 Å². The van der Waals surface area contributed by atoms with Gasteiger partial charge in [0.15, 0.2) is 5.13 Å². The van der Waals surface area contributed by atoms with E-state index >= 15 is 0 Å². The molecule has 1 atom stereocenters. The number of aryl methyl sites for hydroxylation is 2. The van der Waals surface area contributed by atoms with Crippen LogP contribution in [-0.2, 0) is 9.59 Å². The number of thiazole rings is 1. The van der Waals surface area contributed by atoms with Crippen LogP contribution < -0.4 is 5.32 Å². The first kappa shape index (κ1) is 19.6. The fraction of sp³-hybridized carbons (Fsp3) is 0.706. The number of hydrogen-bond donors (Lipinski definition) is 1. The Hall–Kier alpha value is -1.43. The topological polar surface area (TPSA) is 62.3 Å². The number of carbonyl (C=O) groups excluding carboxylic acids is 2. The van der Waals surface area contributed by atoms with E-state index < -0.39 is 0 Å². The highest BCUT2D eigenvalue weighted by atomic mass is 32.1. The lowest BCUT2D eigenvalue weighted by Crippen LogP contribution is -2.41. The van der Waals surface area contributed by atoms with Crippen molar-refractivity contribution >= 4 is 28.3 Å². The molecule has 0 bridgehead atoms. The molecule has 1 rings (SSSR count). The van der Waals surface area contributed by atoms with E-state index in [-0.39, 0.29) is 24.3 Å². The van der Waals surface area contributed by atoms with Gasteiger partial charge in [0.1, 0.15) is 0 Å². The minimum atomic E-state index is -0.181. The molecule has 6 heteroatoms. The van der Waals surface area contributed by atoms with Gasteiger partial charge in [-0.05, 0) is 33.6 Å². The lowest BCUT2D eigenvalue weighted by molar-refractivity contribution is -0.138. The molecule has 0 aromatic carbocycles. The Kier molecular flexibility index (Phi) is 8.23. The van der Waals surface area contributed by atoms with Gasteiger partial charge in [-0.15, -0.1) is 11.3 Å². The first-order valence-corrected chi connectivity index (χ1v) is 9.27. The molecule has 0 saturated carbocycles. The number of nitrogens with zero attached hydrogens (tertiary/aromatic N) is 2. The van der Waals surface area contributed by atoms with E-state index in [1.807, 2.05) is 27.7 Å². The maximum Gasteiger partial charge on any atom is 0.245 e. The van der Waals surface area contributed by atoms with Gasteiger partial charge in [-0.25, -0.2) is 4.98 Å². The van der Waals surface area contributed by atoms with Crippen LogP contribution in [-0.4, -0.2) is 34.8 Å². The van der Waals surface area contributed by atoms with Gasteiger partial charge in [-0.3, -0.25) is 9.59 Å². The maximum absolute atomic E-state index is 12.6. The average Bonchev–Trinajstić information content (AvgIpc) is 2.83. The number of unbranched alkanes of at least 4 members (excludes halogenated alkanes) is 1. The fourth-order valence-electron chi connectivity index (χ4n) is 2.41. The highest BCUT2D eigenvalue weighted by molar-refractivity contribution is 7.15. The number of aromatic nitrogens is 1. The second-order valence-electron chi connectivity index (χ2n) is 5.81. The smallest absolute Gasteiger partial charge is 0.245 e. The Bertz CT molecular complexity index is 508. The second-order valence-corrected chi connectivity index (χ2v) is 7.01. The number of hydrogen-bond acceptors (Lipinski definition) is 4. The summed E-state index contributed by atoms with van der Waals surface area (Å²) in [7, 11) is 0. The third-order valence-corrected chi connectivity index (χ3v) is 5.04. The number of likely N-dealkylation sites (N-methyl/N-ethyl adjacent to an activating group) is 1. The van der Waals surface area contributed by atoms with E-state index in [0.717, 1.165) is 36.3 Å². The van der Waals surface area contributed by atoms with E-state index in [0.29, 0.717) is 11.7 Å². The molecule has 0 fully saturated rings. The number of amides is 2. The number of rotatable bonds is 9. The van der Waals surface area contributed by atoms with Gasteiger partial charge in [0.2, 0.25) is 11.8 Å². The molecule has 5 nitrogen and oxygen atoms in total. The Morgan fingerprint density at radius 3 is 2.43 bits per heavy atom.